The number of fused-ring (bicyclic) bond motifs is 2. The predicted octanol–water partition coefficient (Wildman–Crippen LogP) is 5.89. The van der Waals surface area contributed by atoms with Gasteiger partial charge in [0.05, 0.1) is 11.1 Å². The Labute approximate surface area is 189 Å². The van der Waals surface area contributed by atoms with Crippen LogP contribution in [0.2, 0.25) is 0 Å². The van der Waals surface area contributed by atoms with E-state index in [1.165, 1.54) is 0 Å². The van der Waals surface area contributed by atoms with Crippen LogP contribution in [0.15, 0.2) is 60.7 Å². The Balaban J connectivity index is 1.63. The summed E-state index contributed by atoms with van der Waals surface area (Å²) in [6, 6.07) is 19.1. The third kappa shape index (κ3) is 4.33. The first kappa shape index (κ1) is 21.9. The van der Waals surface area contributed by atoms with Gasteiger partial charge in [0.1, 0.15) is 12.4 Å². The van der Waals surface area contributed by atoms with Gasteiger partial charge in [0.15, 0.2) is 0 Å². The molecule has 3 aromatic rings. The Hall–Kier alpha value is -3.34. The van der Waals surface area contributed by atoms with E-state index in [1.807, 2.05) is 79.4 Å². The fraction of sp³-hybridized carbons (Fsp3) is 0.333. The van der Waals surface area contributed by atoms with E-state index in [2.05, 4.69) is 19.2 Å². The third-order valence-corrected chi connectivity index (χ3v) is 5.89. The molecule has 32 heavy (non-hydrogen) atoms. The van der Waals surface area contributed by atoms with Gasteiger partial charge in [-0.1, -0.05) is 50.2 Å². The zero-order valence-corrected chi connectivity index (χ0v) is 19.1. The molecule has 5 nitrogen and oxygen atoms in total. The van der Waals surface area contributed by atoms with Gasteiger partial charge in [-0.2, -0.15) is 0 Å². The zero-order chi connectivity index (χ0) is 22.9. The maximum Gasteiger partial charge on any atom is 0.256 e. The molecule has 0 atom stereocenters. The number of benzene rings is 3. The minimum absolute atomic E-state index is 0.0597. The molecular formula is C27H30N2O3. The van der Waals surface area contributed by atoms with Crippen molar-refractivity contribution < 1.29 is 14.3 Å². The number of rotatable bonds is 5. The van der Waals surface area contributed by atoms with Crippen molar-refractivity contribution in [2.75, 3.05) is 23.4 Å². The summed E-state index contributed by atoms with van der Waals surface area (Å²) in [5.74, 6) is 0.981. The Kier molecular flexibility index (Phi) is 5.92. The molecule has 0 aromatic heterocycles. The van der Waals surface area contributed by atoms with Crippen LogP contribution in [0.4, 0.5) is 11.4 Å². The van der Waals surface area contributed by atoms with Crippen LogP contribution in [-0.4, -0.2) is 25.0 Å². The molecule has 4 rings (SSSR count). The molecular weight excluding hydrogens is 400 g/mol. The van der Waals surface area contributed by atoms with Crippen LogP contribution in [0.5, 0.6) is 5.75 Å². The highest BCUT2D eigenvalue weighted by Gasteiger charge is 2.37. The van der Waals surface area contributed by atoms with Crippen LogP contribution in [0, 0.1) is 11.3 Å². The van der Waals surface area contributed by atoms with E-state index in [-0.39, 0.29) is 18.4 Å². The van der Waals surface area contributed by atoms with Crippen LogP contribution in [0.3, 0.4) is 0 Å². The van der Waals surface area contributed by atoms with E-state index in [0.717, 1.165) is 22.9 Å². The van der Waals surface area contributed by atoms with E-state index < -0.39 is 5.41 Å². The molecule has 166 valence electrons. The number of carbonyl (C=O) groups is 2. The molecule has 0 bridgehead atoms. The molecule has 0 radical (unpaired) electrons. The van der Waals surface area contributed by atoms with Gasteiger partial charge in [-0.3, -0.25) is 9.59 Å². The lowest BCUT2D eigenvalue weighted by molar-refractivity contribution is -0.127. The van der Waals surface area contributed by atoms with Crippen molar-refractivity contribution >= 4 is 34.0 Å². The largest absolute Gasteiger partial charge is 0.490 e. The standard InChI is InChI=1S/C27H30N2O3/c1-18(2)14-15-29-23-13-12-20(16-24(23)32-17-27(3,4)26(29)31)28-25(30)22-11-7-9-19-8-5-6-10-21(19)22/h5-13,16,18H,14-15,17H2,1-4H3,(H,28,30). The molecule has 1 aliphatic heterocycles. The van der Waals surface area contributed by atoms with Gasteiger partial charge >= 0.3 is 0 Å². The molecule has 1 aliphatic rings. The highest BCUT2D eigenvalue weighted by Crippen LogP contribution is 2.38. The number of ether oxygens (including phenoxy) is 1. The topological polar surface area (TPSA) is 58.6 Å². The molecule has 3 aromatic carbocycles. The SMILES string of the molecule is CC(C)CCN1C(=O)C(C)(C)COc2cc(NC(=O)c3cccc4ccccc34)ccc21. The van der Waals surface area contributed by atoms with Gasteiger partial charge in [-0.05, 0) is 55.2 Å². The van der Waals surface area contributed by atoms with Crippen LogP contribution >= 0.6 is 0 Å². The Bertz CT molecular complexity index is 1160. The second-order valence-corrected chi connectivity index (χ2v) is 9.48. The monoisotopic (exact) mass is 430 g/mol. The van der Waals surface area contributed by atoms with Crippen molar-refractivity contribution in [1.29, 1.82) is 0 Å². The fourth-order valence-electron chi connectivity index (χ4n) is 3.96. The van der Waals surface area contributed by atoms with Gasteiger partial charge in [-0.15, -0.1) is 0 Å². The van der Waals surface area contributed by atoms with Crippen LogP contribution in [-0.2, 0) is 4.79 Å². The summed E-state index contributed by atoms with van der Waals surface area (Å²) >= 11 is 0. The Morgan fingerprint density at radius 1 is 1.09 bits per heavy atom. The highest BCUT2D eigenvalue weighted by atomic mass is 16.5. The predicted molar refractivity (Wildman–Crippen MR) is 129 cm³/mol. The average Bonchev–Trinajstić information content (AvgIpc) is 2.86. The first-order valence-corrected chi connectivity index (χ1v) is 11.1. The van der Waals surface area contributed by atoms with E-state index in [9.17, 15) is 9.59 Å². The number of anilines is 2. The highest BCUT2D eigenvalue weighted by molar-refractivity contribution is 6.13. The van der Waals surface area contributed by atoms with Crippen molar-refractivity contribution in [3.8, 4) is 5.75 Å². The average molecular weight is 431 g/mol. The lowest BCUT2D eigenvalue weighted by Crippen LogP contribution is -2.42. The molecule has 2 amide bonds. The summed E-state index contributed by atoms with van der Waals surface area (Å²) in [5, 5.41) is 4.92. The minimum atomic E-state index is -0.623. The molecule has 1 heterocycles. The molecule has 0 aliphatic carbocycles. The lowest BCUT2D eigenvalue weighted by atomic mass is 9.92. The van der Waals surface area contributed by atoms with Crippen LogP contribution < -0.4 is 15.0 Å². The van der Waals surface area contributed by atoms with E-state index in [0.29, 0.717) is 29.5 Å². The number of hydrogen-bond acceptors (Lipinski definition) is 3. The number of hydrogen-bond donors (Lipinski definition) is 1. The summed E-state index contributed by atoms with van der Waals surface area (Å²) in [4.78, 5) is 28.1. The van der Waals surface area contributed by atoms with Gasteiger partial charge in [0, 0.05) is 23.9 Å². The third-order valence-electron chi connectivity index (χ3n) is 5.89. The molecule has 0 unspecified atom stereocenters. The van der Waals surface area contributed by atoms with Gasteiger partial charge < -0.3 is 15.0 Å². The van der Waals surface area contributed by atoms with Crippen molar-refractivity contribution in [2.45, 2.75) is 34.1 Å². The summed E-state index contributed by atoms with van der Waals surface area (Å²) in [6.07, 6.45) is 0.904. The van der Waals surface area contributed by atoms with Gasteiger partial charge in [-0.25, -0.2) is 0 Å². The number of nitrogens with one attached hydrogen (secondary N) is 1. The Morgan fingerprint density at radius 3 is 2.62 bits per heavy atom. The van der Waals surface area contributed by atoms with Crippen LogP contribution in [0.25, 0.3) is 10.8 Å². The smallest absolute Gasteiger partial charge is 0.256 e. The Morgan fingerprint density at radius 2 is 1.84 bits per heavy atom. The van der Waals surface area contributed by atoms with Crippen molar-refractivity contribution in [2.24, 2.45) is 11.3 Å². The normalized spacial score (nSPS) is 15.3. The lowest BCUT2D eigenvalue weighted by Gasteiger charge is -2.28. The first-order chi connectivity index (χ1) is 15.3. The van der Waals surface area contributed by atoms with E-state index in [4.69, 9.17) is 4.74 Å². The number of amides is 2. The molecule has 1 N–H and O–H groups in total. The first-order valence-electron chi connectivity index (χ1n) is 11.1. The van der Waals surface area contributed by atoms with E-state index in [1.54, 1.807) is 0 Å². The van der Waals surface area contributed by atoms with Gasteiger partial charge in [0.2, 0.25) is 5.91 Å². The second-order valence-electron chi connectivity index (χ2n) is 9.48. The maximum absolute atomic E-state index is 13.2. The maximum atomic E-state index is 13.2. The fourth-order valence-corrected chi connectivity index (χ4v) is 3.96. The van der Waals surface area contributed by atoms with Crippen molar-refractivity contribution in [3.05, 3.63) is 66.2 Å². The quantitative estimate of drug-likeness (QED) is 0.549. The summed E-state index contributed by atoms with van der Waals surface area (Å²) < 4.78 is 6.06. The molecule has 0 saturated carbocycles. The molecule has 0 spiro atoms. The summed E-state index contributed by atoms with van der Waals surface area (Å²) in [6.45, 7) is 9.04. The minimum Gasteiger partial charge on any atom is -0.490 e. The van der Waals surface area contributed by atoms with Crippen molar-refractivity contribution in [1.82, 2.24) is 0 Å². The van der Waals surface area contributed by atoms with Crippen molar-refractivity contribution in [3.63, 3.8) is 0 Å². The van der Waals surface area contributed by atoms with Crippen LogP contribution in [0.1, 0.15) is 44.5 Å². The zero-order valence-electron chi connectivity index (χ0n) is 19.1. The van der Waals surface area contributed by atoms with E-state index >= 15 is 0 Å². The second kappa shape index (κ2) is 8.65. The summed E-state index contributed by atoms with van der Waals surface area (Å²) in [7, 11) is 0. The summed E-state index contributed by atoms with van der Waals surface area (Å²) in [5.41, 5.74) is 1.39. The molecule has 0 saturated heterocycles. The van der Waals surface area contributed by atoms with Gasteiger partial charge in [0.25, 0.3) is 5.91 Å². The molecule has 5 heteroatoms. The number of carbonyl (C=O) groups excluding carboxylic acids is 2. The molecule has 0 fully saturated rings. The number of nitrogens with zero attached hydrogens (tertiary/aromatic N) is 1.